The average Bonchev–Trinajstić information content (AvgIpc) is 2.72. The van der Waals surface area contributed by atoms with Crippen LogP contribution in [0.4, 0.5) is 0 Å². The van der Waals surface area contributed by atoms with Crippen molar-refractivity contribution in [3.8, 4) is 17.2 Å². The topological polar surface area (TPSA) is 64.1 Å². The molecule has 0 aliphatic heterocycles. The van der Waals surface area contributed by atoms with Crippen LogP contribution in [0.25, 0.3) is 0 Å². The molecule has 0 saturated heterocycles. The molecule has 0 aliphatic rings. The van der Waals surface area contributed by atoms with Gasteiger partial charge in [0.15, 0.2) is 17.5 Å². The van der Waals surface area contributed by atoms with Gasteiger partial charge in [0.1, 0.15) is 5.75 Å². The number of benzene rings is 2. The van der Waals surface area contributed by atoms with Gasteiger partial charge in [0.05, 0.1) is 27.4 Å². The fourth-order valence-electron chi connectivity index (χ4n) is 2.82. The van der Waals surface area contributed by atoms with Crippen molar-refractivity contribution in [2.75, 3.05) is 33.9 Å². The molecule has 28 heavy (non-hydrogen) atoms. The number of nitrogens with zero attached hydrogens (tertiary/aromatic N) is 1. The molecule has 6 nitrogen and oxygen atoms in total. The minimum atomic E-state index is 0.550. The van der Waals surface area contributed by atoms with Crippen LogP contribution >= 0.6 is 0 Å². The van der Waals surface area contributed by atoms with Gasteiger partial charge in [0, 0.05) is 13.1 Å². The van der Waals surface area contributed by atoms with Crippen LogP contribution in [0.1, 0.15) is 25.0 Å². The number of methoxy groups -OCH3 is 2. The number of ether oxygens (including phenoxy) is 3. The quantitative estimate of drug-likeness (QED) is 0.485. The van der Waals surface area contributed by atoms with Gasteiger partial charge in [-0.25, -0.2) is 4.99 Å². The molecule has 0 amide bonds. The molecule has 0 atom stereocenters. The summed E-state index contributed by atoms with van der Waals surface area (Å²) in [6.45, 7) is 6.72. The van der Waals surface area contributed by atoms with Crippen molar-refractivity contribution < 1.29 is 14.2 Å². The molecular weight excluding hydrogens is 354 g/mol. The highest BCUT2D eigenvalue weighted by molar-refractivity contribution is 5.79. The Balaban J connectivity index is 1.99. The summed E-state index contributed by atoms with van der Waals surface area (Å²) in [5.41, 5.74) is 2.23. The molecule has 2 rings (SSSR count). The first-order valence-electron chi connectivity index (χ1n) is 9.65. The Kier molecular flexibility index (Phi) is 8.98. The van der Waals surface area contributed by atoms with Crippen LogP contribution in [-0.4, -0.2) is 39.9 Å². The van der Waals surface area contributed by atoms with Crippen LogP contribution in [-0.2, 0) is 13.0 Å². The first-order chi connectivity index (χ1) is 13.7. The lowest BCUT2D eigenvalue weighted by Gasteiger charge is -2.13. The summed E-state index contributed by atoms with van der Waals surface area (Å²) in [6.07, 6.45) is 0.853. The fraction of sp³-hybridized carbons (Fsp3) is 0.409. The lowest BCUT2D eigenvalue weighted by molar-refractivity contribution is 0.310. The van der Waals surface area contributed by atoms with E-state index in [0.29, 0.717) is 13.2 Å². The van der Waals surface area contributed by atoms with Crippen molar-refractivity contribution in [1.29, 1.82) is 0 Å². The van der Waals surface area contributed by atoms with Gasteiger partial charge in [-0.3, -0.25) is 0 Å². The maximum absolute atomic E-state index is 5.64. The minimum absolute atomic E-state index is 0.550. The summed E-state index contributed by atoms with van der Waals surface area (Å²) in [5.74, 6) is 3.17. The summed E-state index contributed by atoms with van der Waals surface area (Å²) in [4.78, 5) is 4.68. The molecule has 2 N–H and O–H groups in total. The molecule has 0 bridgehead atoms. The molecule has 2 aromatic carbocycles. The van der Waals surface area contributed by atoms with E-state index in [0.717, 1.165) is 48.3 Å². The molecule has 0 radical (unpaired) electrons. The third-order valence-corrected chi connectivity index (χ3v) is 4.17. The van der Waals surface area contributed by atoms with E-state index in [1.807, 2.05) is 43.3 Å². The maximum atomic E-state index is 5.64. The summed E-state index contributed by atoms with van der Waals surface area (Å²) in [6, 6.07) is 14.0. The summed E-state index contributed by atoms with van der Waals surface area (Å²) in [5, 5.41) is 6.66. The van der Waals surface area contributed by atoms with Gasteiger partial charge in [-0.2, -0.15) is 0 Å². The third-order valence-electron chi connectivity index (χ3n) is 4.17. The van der Waals surface area contributed by atoms with Gasteiger partial charge in [-0.1, -0.05) is 24.3 Å². The Hall–Kier alpha value is -2.89. The second-order valence-corrected chi connectivity index (χ2v) is 6.10. The standard InChI is InChI=1S/C22H31N3O3/c1-5-23-22(24-14-13-18-9-7-8-10-19(18)26-3)25-16-17-11-12-20(27-4)21(15-17)28-6-2/h7-12,15H,5-6,13-14,16H2,1-4H3,(H2,23,24,25). The minimum Gasteiger partial charge on any atom is -0.496 e. The molecule has 0 heterocycles. The summed E-state index contributed by atoms with van der Waals surface area (Å²) in [7, 11) is 3.34. The second kappa shape index (κ2) is 11.7. The molecular formula is C22H31N3O3. The van der Waals surface area contributed by atoms with Gasteiger partial charge in [-0.05, 0) is 49.6 Å². The number of hydrogen-bond donors (Lipinski definition) is 2. The fourth-order valence-corrected chi connectivity index (χ4v) is 2.82. The number of hydrogen-bond acceptors (Lipinski definition) is 4. The summed E-state index contributed by atoms with van der Waals surface area (Å²) >= 11 is 0. The lowest BCUT2D eigenvalue weighted by atomic mass is 10.1. The molecule has 6 heteroatoms. The predicted molar refractivity (Wildman–Crippen MR) is 114 cm³/mol. The monoisotopic (exact) mass is 385 g/mol. The molecule has 0 aliphatic carbocycles. The van der Waals surface area contributed by atoms with Gasteiger partial charge < -0.3 is 24.8 Å². The Bertz CT molecular complexity index is 762. The van der Waals surface area contributed by atoms with E-state index in [4.69, 9.17) is 14.2 Å². The smallest absolute Gasteiger partial charge is 0.191 e. The SMILES string of the molecule is CCNC(=NCc1ccc(OC)c(OCC)c1)NCCc1ccccc1OC. The van der Waals surface area contributed by atoms with E-state index in [-0.39, 0.29) is 0 Å². The van der Waals surface area contributed by atoms with E-state index in [1.54, 1.807) is 14.2 Å². The molecule has 2 aromatic rings. The molecule has 0 aromatic heterocycles. The Morgan fingerprint density at radius 1 is 0.929 bits per heavy atom. The number of nitrogens with one attached hydrogen (secondary N) is 2. The highest BCUT2D eigenvalue weighted by Crippen LogP contribution is 2.28. The average molecular weight is 386 g/mol. The normalized spacial score (nSPS) is 11.1. The third kappa shape index (κ3) is 6.37. The van der Waals surface area contributed by atoms with E-state index in [2.05, 4.69) is 28.6 Å². The number of aliphatic imine (C=N–C) groups is 1. The van der Waals surface area contributed by atoms with Crippen LogP contribution in [0, 0.1) is 0 Å². The van der Waals surface area contributed by atoms with Crippen LogP contribution < -0.4 is 24.8 Å². The largest absolute Gasteiger partial charge is 0.496 e. The van der Waals surface area contributed by atoms with Gasteiger partial charge in [0.2, 0.25) is 0 Å². The van der Waals surface area contributed by atoms with Crippen molar-refractivity contribution in [2.45, 2.75) is 26.8 Å². The van der Waals surface area contributed by atoms with Crippen LogP contribution in [0.15, 0.2) is 47.5 Å². The lowest BCUT2D eigenvalue weighted by Crippen LogP contribution is -2.38. The first-order valence-corrected chi connectivity index (χ1v) is 9.65. The Morgan fingerprint density at radius 3 is 2.43 bits per heavy atom. The van der Waals surface area contributed by atoms with Crippen molar-refractivity contribution >= 4 is 5.96 Å². The van der Waals surface area contributed by atoms with E-state index in [9.17, 15) is 0 Å². The van der Waals surface area contributed by atoms with Crippen molar-refractivity contribution in [3.63, 3.8) is 0 Å². The Labute approximate surface area is 167 Å². The van der Waals surface area contributed by atoms with Crippen molar-refractivity contribution in [3.05, 3.63) is 53.6 Å². The van der Waals surface area contributed by atoms with Crippen LogP contribution in [0.5, 0.6) is 17.2 Å². The highest BCUT2D eigenvalue weighted by atomic mass is 16.5. The number of para-hydroxylation sites is 1. The van der Waals surface area contributed by atoms with Gasteiger partial charge >= 0.3 is 0 Å². The predicted octanol–water partition coefficient (Wildman–Crippen LogP) is 3.40. The highest BCUT2D eigenvalue weighted by Gasteiger charge is 2.06. The van der Waals surface area contributed by atoms with Crippen LogP contribution in [0.2, 0.25) is 0 Å². The van der Waals surface area contributed by atoms with Gasteiger partial charge in [0.25, 0.3) is 0 Å². The number of rotatable bonds is 10. The van der Waals surface area contributed by atoms with Crippen LogP contribution in [0.3, 0.4) is 0 Å². The zero-order valence-corrected chi connectivity index (χ0v) is 17.2. The maximum Gasteiger partial charge on any atom is 0.191 e. The molecule has 0 unspecified atom stereocenters. The van der Waals surface area contributed by atoms with E-state index in [1.165, 1.54) is 5.56 Å². The van der Waals surface area contributed by atoms with Crippen molar-refractivity contribution in [2.24, 2.45) is 4.99 Å². The Morgan fingerprint density at radius 2 is 1.71 bits per heavy atom. The van der Waals surface area contributed by atoms with Gasteiger partial charge in [-0.15, -0.1) is 0 Å². The first kappa shape index (κ1) is 21.4. The second-order valence-electron chi connectivity index (χ2n) is 6.10. The van der Waals surface area contributed by atoms with Crippen molar-refractivity contribution in [1.82, 2.24) is 10.6 Å². The van der Waals surface area contributed by atoms with E-state index >= 15 is 0 Å². The molecule has 0 saturated carbocycles. The van der Waals surface area contributed by atoms with E-state index < -0.39 is 0 Å². The molecule has 152 valence electrons. The molecule has 0 fully saturated rings. The zero-order valence-electron chi connectivity index (χ0n) is 17.2. The number of guanidine groups is 1. The summed E-state index contributed by atoms with van der Waals surface area (Å²) < 4.78 is 16.4. The zero-order chi connectivity index (χ0) is 20.2. The molecule has 0 spiro atoms.